The zero-order chi connectivity index (χ0) is 7.94. The maximum atomic E-state index is 10.9. The number of nitrogens with zero attached hydrogens (tertiary/aromatic N) is 1. The maximum Gasteiger partial charge on any atom is 0.333 e. The standard InChI is InChI=1S/C5H7IN2O2/c1-5(2)3(9)7-4(10)8(5)6/h1-2H3,(H,7,9,10). The highest BCUT2D eigenvalue weighted by atomic mass is 127. The van der Waals surface area contributed by atoms with Gasteiger partial charge in [-0.25, -0.2) is 4.79 Å². The monoisotopic (exact) mass is 254 g/mol. The fraction of sp³-hybridized carbons (Fsp3) is 0.600. The first-order chi connectivity index (χ1) is 4.46. The SMILES string of the molecule is CC1(C)C(=O)NC(=O)N1I. The van der Waals surface area contributed by atoms with Gasteiger partial charge in [0.25, 0.3) is 5.91 Å². The van der Waals surface area contributed by atoms with Crippen LogP contribution in [0.15, 0.2) is 0 Å². The van der Waals surface area contributed by atoms with Crippen molar-refractivity contribution in [2.24, 2.45) is 0 Å². The van der Waals surface area contributed by atoms with Crippen LogP contribution in [0.2, 0.25) is 0 Å². The van der Waals surface area contributed by atoms with Gasteiger partial charge in [0.1, 0.15) is 5.54 Å². The number of rotatable bonds is 0. The number of amides is 3. The van der Waals surface area contributed by atoms with E-state index in [2.05, 4.69) is 5.32 Å². The Kier molecular flexibility index (Phi) is 1.61. The molecule has 5 heteroatoms. The Balaban J connectivity index is 2.96. The van der Waals surface area contributed by atoms with Crippen LogP contribution in [0, 0.1) is 0 Å². The van der Waals surface area contributed by atoms with Crippen molar-refractivity contribution in [1.82, 2.24) is 8.43 Å². The average Bonchev–Trinajstić information content (AvgIpc) is 1.97. The lowest BCUT2D eigenvalue weighted by molar-refractivity contribution is -0.123. The highest BCUT2D eigenvalue weighted by molar-refractivity contribution is 14.1. The number of urea groups is 1. The number of hydrogen-bond donors (Lipinski definition) is 1. The fourth-order valence-corrected chi connectivity index (χ4v) is 0.982. The molecule has 4 nitrogen and oxygen atoms in total. The third-order valence-corrected chi connectivity index (χ3v) is 3.09. The van der Waals surface area contributed by atoms with E-state index in [0.717, 1.165) is 0 Å². The van der Waals surface area contributed by atoms with Crippen LogP contribution in [0.1, 0.15) is 13.8 Å². The second-order valence-corrected chi connectivity index (χ2v) is 3.56. The van der Waals surface area contributed by atoms with Crippen molar-refractivity contribution >= 4 is 34.8 Å². The Hall–Kier alpha value is -0.330. The molecule has 0 spiro atoms. The topological polar surface area (TPSA) is 49.4 Å². The summed E-state index contributed by atoms with van der Waals surface area (Å²) < 4.78 is 1.35. The van der Waals surface area contributed by atoms with Gasteiger partial charge in [-0.1, -0.05) is 0 Å². The largest absolute Gasteiger partial charge is 0.333 e. The van der Waals surface area contributed by atoms with E-state index >= 15 is 0 Å². The van der Waals surface area contributed by atoms with Gasteiger partial charge in [-0.2, -0.15) is 0 Å². The Morgan fingerprint density at radius 2 is 2.00 bits per heavy atom. The minimum atomic E-state index is -0.697. The molecular formula is C5H7IN2O2. The van der Waals surface area contributed by atoms with E-state index in [-0.39, 0.29) is 11.9 Å². The maximum absolute atomic E-state index is 10.9. The van der Waals surface area contributed by atoms with Gasteiger partial charge in [-0.15, -0.1) is 0 Å². The van der Waals surface area contributed by atoms with Crippen LogP contribution in [0.25, 0.3) is 0 Å². The van der Waals surface area contributed by atoms with Crippen molar-refractivity contribution in [2.75, 3.05) is 0 Å². The normalized spacial score (nSPS) is 23.3. The molecule has 0 aromatic heterocycles. The van der Waals surface area contributed by atoms with Crippen molar-refractivity contribution in [1.29, 1.82) is 0 Å². The van der Waals surface area contributed by atoms with E-state index < -0.39 is 5.54 Å². The van der Waals surface area contributed by atoms with Gasteiger partial charge < -0.3 is 0 Å². The molecular weight excluding hydrogens is 247 g/mol. The molecule has 0 aliphatic carbocycles. The number of carbonyl (C=O) groups excluding carboxylic acids is 2. The lowest BCUT2D eigenvalue weighted by Gasteiger charge is -2.19. The summed E-state index contributed by atoms with van der Waals surface area (Å²) in [6.07, 6.45) is 0. The summed E-state index contributed by atoms with van der Waals surface area (Å²) in [6.45, 7) is 3.39. The van der Waals surface area contributed by atoms with Gasteiger partial charge in [-0.05, 0) is 13.8 Å². The van der Waals surface area contributed by atoms with Crippen molar-refractivity contribution < 1.29 is 9.59 Å². The molecule has 56 valence electrons. The molecule has 1 fully saturated rings. The average molecular weight is 254 g/mol. The van der Waals surface area contributed by atoms with E-state index in [9.17, 15) is 9.59 Å². The van der Waals surface area contributed by atoms with Crippen LogP contribution in [-0.2, 0) is 4.79 Å². The quantitative estimate of drug-likeness (QED) is 0.392. The van der Waals surface area contributed by atoms with Crippen molar-refractivity contribution in [3.8, 4) is 0 Å². The summed E-state index contributed by atoms with van der Waals surface area (Å²) in [5.74, 6) is -0.244. The highest BCUT2D eigenvalue weighted by Crippen LogP contribution is 2.24. The molecule has 0 aromatic carbocycles. The van der Waals surface area contributed by atoms with Crippen LogP contribution in [0.3, 0.4) is 0 Å². The van der Waals surface area contributed by atoms with Gasteiger partial charge in [0.15, 0.2) is 0 Å². The molecule has 1 rings (SSSR count). The lowest BCUT2D eigenvalue weighted by Crippen LogP contribution is -2.38. The van der Waals surface area contributed by atoms with Crippen molar-refractivity contribution in [3.63, 3.8) is 0 Å². The molecule has 1 aliphatic heterocycles. The second-order valence-electron chi connectivity index (χ2n) is 2.60. The predicted molar refractivity (Wildman–Crippen MR) is 43.5 cm³/mol. The fourth-order valence-electron chi connectivity index (χ4n) is 0.642. The highest BCUT2D eigenvalue weighted by Gasteiger charge is 2.44. The number of imide groups is 1. The summed E-state index contributed by atoms with van der Waals surface area (Å²) in [6, 6.07) is -0.337. The minimum absolute atomic E-state index is 0.244. The first-order valence-electron chi connectivity index (χ1n) is 2.77. The molecule has 0 atom stereocenters. The van der Waals surface area contributed by atoms with E-state index in [1.807, 2.05) is 22.9 Å². The summed E-state index contributed by atoms with van der Waals surface area (Å²) >= 11 is 1.82. The molecule has 10 heavy (non-hydrogen) atoms. The molecule has 0 unspecified atom stereocenters. The Labute approximate surface area is 72.4 Å². The molecule has 1 heterocycles. The Bertz CT molecular complexity index is 202. The van der Waals surface area contributed by atoms with E-state index in [4.69, 9.17) is 0 Å². The predicted octanol–water partition coefficient (Wildman–Crippen LogP) is 0.667. The van der Waals surface area contributed by atoms with Crippen molar-refractivity contribution in [3.05, 3.63) is 0 Å². The first-order valence-corrected chi connectivity index (χ1v) is 3.74. The molecule has 0 radical (unpaired) electrons. The molecule has 0 bridgehead atoms. The van der Waals surface area contributed by atoms with Crippen LogP contribution in [0.4, 0.5) is 4.79 Å². The zero-order valence-corrected chi connectivity index (χ0v) is 7.80. The van der Waals surface area contributed by atoms with E-state index in [1.165, 1.54) is 3.11 Å². The lowest BCUT2D eigenvalue weighted by atomic mass is 10.1. The molecule has 1 N–H and O–H groups in total. The van der Waals surface area contributed by atoms with Crippen LogP contribution in [0.5, 0.6) is 0 Å². The van der Waals surface area contributed by atoms with Gasteiger partial charge in [0.05, 0.1) is 22.9 Å². The Morgan fingerprint density at radius 1 is 1.50 bits per heavy atom. The van der Waals surface area contributed by atoms with Gasteiger partial charge in [-0.3, -0.25) is 13.2 Å². The molecule has 0 saturated carbocycles. The molecule has 1 saturated heterocycles. The molecule has 3 amide bonds. The number of hydrogen-bond acceptors (Lipinski definition) is 2. The number of nitrogens with one attached hydrogen (secondary N) is 1. The number of carbonyl (C=O) groups is 2. The third kappa shape index (κ3) is 0.882. The van der Waals surface area contributed by atoms with Gasteiger partial charge in [0, 0.05) is 0 Å². The molecule has 0 aromatic rings. The zero-order valence-electron chi connectivity index (χ0n) is 5.64. The van der Waals surface area contributed by atoms with Crippen LogP contribution >= 0.6 is 22.9 Å². The molecule has 1 aliphatic rings. The minimum Gasteiger partial charge on any atom is -0.275 e. The van der Waals surface area contributed by atoms with Crippen LogP contribution in [-0.4, -0.2) is 20.6 Å². The summed E-state index contributed by atoms with van der Waals surface area (Å²) in [5, 5.41) is 2.20. The van der Waals surface area contributed by atoms with Gasteiger partial charge >= 0.3 is 6.03 Å². The summed E-state index contributed by atoms with van der Waals surface area (Å²) in [4.78, 5) is 21.7. The van der Waals surface area contributed by atoms with E-state index in [0.29, 0.717) is 0 Å². The van der Waals surface area contributed by atoms with Crippen LogP contribution < -0.4 is 5.32 Å². The van der Waals surface area contributed by atoms with Gasteiger partial charge in [0.2, 0.25) is 0 Å². The van der Waals surface area contributed by atoms with Crippen molar-refractivity contribution in [2.45, 2.75) is 19.4 Å². The summed E-state index contributed by atoms with van der Waals surface area (Å²) in [5.41, 5.74) is -0.697. The first kappa shape index (κ1) is 7.77. The second kappa shape index (κ2) is 2.08. The Morgan fingerprint density at radius 3 is 2.10 bits per heavy atom. The van der Waals surface area contributed by atoms with E-state index in [1.54, 1.807) is 13.8 Å². The summed E-state index contributed by atoms with van der Waals surface area (Å²) in [7, 11) is 0. The third-order valence-electron chi connectivity index (χ3n) is 1.45. The number of halogens is 1. The smallest absolute Gasteiger partial charge is 0.275 e.